The number of carbonyl (C=O) groups is 2. The maximum Gasteiger partial charge on any atom is 0.225 e. The molecule has 1 aromatic rings. The highest BCUT2D eigenvalue weighted by atomic mass is 16.2. The predicted octanol–water partition coefficient (Wildman–Crippen LogP) is 1.56. The predicted molar refractivity (Wildman–Crippen MR) is 95.9 cm³/mol. The van der Waals surface area contributed by atoms with Crippen LogP contribution in [0.3, 0.4) is 0 Å². The summed E-state index contributed by atoms with van der Waals surface area (Å²) in [6.45, 7) is 4.44. The van der Waals surface area contributed by atoms with Crippen molar-refractivity contribution in [3.63, 3.8) is 0 Å². The minimum Gasteiger partial charge on any atom is -0.356 e. The summed E-state index contributed by atoms with van der Waals surface area (Å²) in [7, 11) is 0. The number of hydrogen-bond acceptors (Lipinski definition) is 3. The van der Waals surface area contributed by atoms with Crippen molar-refractivity contribution in [1.82, 2.24) is 15.1 Å². The molecule has 1 unspecified atom stereocenters. The van der Waals surface area contributed by atoms with Crippen LogP contribution in [0.1, 0.15) is 36.8 Å². The number of likely N-dealkylation sites (tertiary alicyclic amines) is 1. The average Bonchev–Trinajstić information content (AvgIpc) is 3.40. The molecule has 1 saturated carbocycles. The number of nitrogens with zero attached hydrogens (tertiary/aromatic N) is 2. The van der Waals surface area contributed by atoms with Gasteiger partial charge in [0.25, 0.3) is 0 Å². The first kappa shape index (κ1) is 16.6. The van der Waals surface area contributed by atoms with Crippen molar-refractivity contribution in [2.24, 2.45) is 5.92 Å². The van der Waals surface area contributed by atoms with E-state index < -0.39 is 0 Å². The molecule has 2 aliphatic heterocycles. The van der Waals surface area contributed by atoms with E-state index in [-0.39, 0.29) is 17.7 Å². The summed E-state index contributed by atoms with van der Waals surface area (Å²) in [5.74, 6) is 0.0742. The Kier molecular flexibility index (Phi) is 4.75. The molecule has 2 fully saturated rings. The van der Waals surface area contributed by atoms with Gasteiger partial charge in [0.1, 0.15) is 0 Å². The lowest BCUT2D eigenvalue weighted by Gasteiger charge is -2.28. The Morgan fingerprint density at radius 1 is 1.20 bits per heavy atom. The van der Waals surface area contributed by atoms with E-state index in [2.05, 4.69) is 34.5 Å². The second kappa shape index (κ2) is 7.16. The maximum atomic E-state index is 12.3. The standard InChI is InChI=1S/C20H27N3O2/c24-19-12-17(14-23(19)18-6-7-18)20(25)21-9-3-10-22-11-8-15-4-1-2-5-16(15)13-22/h1-2,4-5,17-18H,3,6-14H2,(H,21,25). The van der Waals surface area contributed by atoms with Crippen LogP contribution in [0.25, 0.3) is 0 Å². The fourth-order valence-corrected chi connectivity index (χ4v) is 4.05. The zero-order chi connectivity index (χ0) is 17.2. The van der Waals surface area contributed by atoms with Crippen molar-refractivity contribution in [1.29, 1.82) is 0 Å². The third kappa shape index (κ3) is 3.87. The van der Waals surface area contributed by atoms with E-state index >= 15 is 0 Å². The first-order chi connectivity index (χ1) is 12.2. The molecule has 1 aromatic carbocycles. The van der Waals surface area contributed by atoms with Gasteiger partial charge in [-0.1, -0.05) is 24.3 Å². The molecule has 0 spiro atoms. The molecule has 4 rings (SSSR count). The van der Waals surface area contributed by atoms with Gasteiger partial charge >= 0.3 is 0 Å². The van der Waals surface area contributed by atoms with Crippen LogP contribution in [0.5, 0.6) is 0 Å². The van der Waals surface area contributed by atoms with E-state index in [0.717, 1.165) is 45.3 Å². The largest absolute Gasteiger partial charge is 0.356 e. The Bertz CT molecular complexity index is 656. The number of hydrogen-bond donors (Lipinski definition) is 1. The van der Waals surface area contributed by atoms with Crippen molar-refractivity contribution >= 4 is 11.8 Å². The van der Waals surface area contributed by atoms with Gasteiger partial charge in [-0.15, -0.1) is 0 Å². The van der Waals surface area contributed by atoms with Crippen molar-refractivity contribution in [2.75, 3.05) is 26.2 Å². The number of carbonyl (C=O) groups excluding carboxylic acids is 2. The Hall–Kier alpha value is -1.88. The second-order valence-corrected chi connectivity index (χ2v) is 7.62. The summed E-state index contributed by atoms with van der Waals surface area (Å²) in [5, 5.41) is 3.04. The van der Waals surface area contributed by atoms with Crippen LogP contribution in [0.15, 0.2) is 24.3 Å². The second-order valence-electron chi connectivity index (χ2n) is 7.62. The Balaban J connectivity index is 1.16. The monoisotopic (exact) mass is 341 g/mol. The van der Waals surface area contributed by atoms with Crippen molar-refractivity contribution < 1.29 is 9.59 Å². The van der Waals surface area contributed by atoms with Crippen molar-refractivity contribution in [3.8, 4) is 0 Å². The quantitative estimate of drug-likeness (QED) is 0.799. The number of nitrogens with one attached hydrogen (secondary N) is 1. The number of benzene rings is 1. The van der Waals surface area contributed by atoms with Crippen LogP contribution in [-0.4, -0.2) is 53.8 Å². The first-order valence-electron chi connectivity index (χ1n) is 9.57. The van der Waals surface area contributed by atoms with E-state index in [9.17, 15) is 9.59 Å². The molecular weight excluding hydrogens is 314 g/mol. The molecule has 1 atom stereocenters. The van der Waals surface area contributed by atoms with E-state index in [0.29, 0.717) is 25.6 Å². The average molecular weight is 341 g/mol. The molecule has 25 heavy (non-hydrogen) atoms. The van der Waals surface area contributed by atoms with Gasteiger partial charge in [0.05, 0.1) is 5.92 Å². The summed E-state index contributed by atoms with van der Waals surface area (Å²) < 4.78 is 0. The highest BCUT2D eigenvalue weighted by Gasteiger charge is 2.41. The number of rotatable bonds is 6. The minimum atomic E-state index is -0.144. The summed E-state index contributed by atoms with van der Waals surface area (Å²) in [6.07, 6.45) is 4.69. The molecule has 1 saturated heterocycles. The molecule has 2 amide bonds. The van der Waals surface area contributed by atoms with Gasteiger partial charge in [0, 0.05) is 45.2 Å². The molecule has 134 valence electrons. The Morgan fingerprint density at radius 3 is 2.80 bits per heavy atom. The maximum absolute atomic E-state index is 12.3. The Labute approximate surface area is 149 Å². The Morgan fingerprint density at radius 2 is 2.00 bits per heavy atom. The molecule has 0 bridgehead atoms. The van der Waals surface area contributed by atoms with E-state index in [1.54, 1.807) is 0 Å². The number of amides is 2. The first-order valence-corrected chi connectivity index (χ1v) is 9.57. The van der Waals surface area contributed by atoms with Gasteiger partial charge in [-0.05, 0) is 36.8 Å². The third-order valence-electron chi connectivity index (χ3n) is 5.68. The topological polar surface area (TPSA) is 52.7 Å². The molecule has 3 aliphatic rings. The molecule has 1 aliphatic carbocycles. The molecule has 5 nitrogen and oxygen atoms in total. The SMILES string of the molecule is O=C(NCCCN1CCc2ccccc2C1)C1CC(=O)N(C2CC2)C1. The molecule has 2 heterocycles. The van der Waals surface area contributed by atoms with Crippen LogP contribution < -0.4 is 5.32 Å². The van der Waals surface area contributed by atoms with Gasteiger partial charge in [-0.25, -0.2) is 0 Å². The van der Waals surface area contributed by atoms with Crippen molar-refractivity contribution in [2.45, 2.75) is 44.7 Å². The van der Waals surface area contributed by atoms with Gasteiger partial charge in [0.15, 0.2) is 0 Å². The van der Waals surface area contributed by atoms with Gasteiger partial charge < -0.3 is 10.2 Å². The third-order valence-corrected chi connectivity index (χ3v) is 5.68. The van der Waals surface area contributed by atoms with E-state index in [1.807, 2.05) is 4.90 Å². The molecule has 0 aromatic heterocycles. The van der Waals surface area contributed by atoms with Crippen molar-refractivity contribution in [3.05, 3.63) is 35.4 Å². The summed E-state index contributed by atoms with van der Waals surface area (Å²) in [4.78, 5) is 28.6. The zero-order valence-electron chi connectivity index (χ0n) is 14.7. The molecular formula is C20H27N3O2. The molecule has 1 N–H and O–H groups in total. The van der Waals surface area contributed by atoms with E-state index in [1.165, 1.54) is 11.1 Å². The van der Waals surface area contributed by atoms with Gasteiger partial charge in [-0.2, -0.15) is 0 Å². The summed E-state index contributed by atoms with van der Waals surface area (Å²) in [5.41, 5.74) is 2.90. The van der Waals surface area contributed by atoms with Crippen LogP contribution >= 0.6 is 0 Å². The zero-order valence-corrected chi connectivity index (χ0v) is 14.7. The summed E-state index contributed by atoms with van der Waals surface area (Å²) >= 11 is 0. The fraction of sp³-hybridized carbons (Fsp3) is 0.600. The molecule has 5 heteroatoms. The number of fused-ring (bicyclic) bond motifs is 1. The normalized spacial score (nSPS) is 23.6. The van der Waals surface area contributed by atoms with Gasteiger partial charge in [-0.3, -0.25) is 14.5 Å². The van der Waals surface area contributed by atoms with Crippen LogP contribution in [0.4, 0.5) is 0 Å². The summed E-state index contributed by atoms with van der Waals surface area (Å²) in [6, 6.07) is 9.08. The highest BCUT2D eigenvalue weighted by molar-refractivity contribution is 5.89. The lowest BCUT2D eigenvalue weighted by molar-refractivity contribution is -0.129. The van der Waals surface area contributed by atoms with Gasteiger partial charge in [0.2, 0.25) is 11.8 Å². The van der Waals surface area contributed by atoms with Crippen LogP contribution in [-0.2, 0) is 22.6 Å². The lowest BCUT2D eigenvalue weighted by Crippen LogP contribution is -2.36. The smallest absolute Gasteiger partial charge is 0.225 e. The fourth-order valence-electron chi connectivity index (χ4n) is 4.05. The van der Waals surface area contributed by atoms with Crippen LogP contribution in [0.2, 0.25) is 0 Å². The molecule has 0 radical (unpaired) electrons. The van der Waals surface area contributed by atoms with E-state index in [4.69, 9.17) is 0 Å². The highest BCUT2D eigenvalue weighted by Crippen LogP contribution is 2.32. The minimum absolute atomic E-state index is 0.0560. The van der Waals surface area contributed by atoms with Crippen LogP contribution in [0, 0.1) is 5.92 Å². The lowest BCUT2D eigenvalue weighted by atomic mass is 10.00.